The number of rotatable bonds is 35. The molecule has 1 unspecified atom stereocenters. The van der Waals surface area contributed by atoms with E-state index in [0.29, 0.717) is 64.9 Å². The van der Waals surface area contributed by atoms with Gasteiger partial charge in [-0.25, -0.2) is 24.4 Å². The highest BCUT2D eigenvalue weighted by molar-refractivity contribution is 7.44. The molecule has 0 amide bonds. The zero-order valence-electron chi connectivity index (χ0n) is 58.1. The van der Waals surface area contributed by atoms with Crippen LogP contribution >= 0.6 is 8.53 Å². The van der Waals surface area contributed by atoms with Gasteiger partial charge in [0, 0.05) is 62.4 Å². The second kappa shape index (κ2) is 38.2. The Morgan fingerprint density at radius 2 is 1.15 bits per heavy atom. The minimum absolute atomic E-state index is 0.0151. The third-order valence-electron chi connectivity index (χ3n) is 16.2. The topological polar surface area (TPSA) is 277 Å². The van der Waals surface area contributed by atoms with Crippen molar-refractivity contribution in [3.05, 3.63) is 183 Å². The lowest BCUT2D eigenvalue weighted by Gasteiger charge is -2.37. The van der Waals surface area contributed by atoms with E-state index in [1.165, 1.54) is 49.8 Å². The van der Waals surface area contributed by atoms with Crippen LogP contribution in [0.15, 0.2) is 143 Å². The van der Waals surface area contributed by atoms with Crippen molar-refractivity contribution in [2.24, 2.45) is 0 Å². The second-order valence-electron chi connectivity index (χ2n) is 23.9. The van der Waals surface area contributed by atoms with Crippen LogP contribution in [0.1, 0.15) is 100 Å². The van der Waals surface area contributed by atoms with Gasteiger partial charge in [0.2, 0.25) is 0 Å². The zero-order valence-corrected chi connectivity index (χ0v) is 59.0. The molecule has 3 aromatic carbocycles. The first-order chi connectivity index (χ1) is 48.3. The van der Waals surface area contributed by atoms with E-state index in [0.717, 1.165) is 27.8 Å². The molecule has 0 N–H and O–H groups in total. The smallest absolute Gasteiger partial charge is 0.333 e. The molecule has 528 valence electrons. The summed E-state index contributed by atoms with van der Waals surface area (Å²) in [5.41, 5.74) is 6.10. The Kier molecular flexibility index (Phi) is 29.1. The predicted molar refractivity (Wildman–Crippen MR) is 373 cm³/mol. The summed E-state index contributed by atoms with van der Waals surface area (Å²) in [7, 11) is 6.55. The first-order valence-electron chi connectivity index (χ1n) is 32.7. The van der Waals surface area contributed by atoms with Gasteiger partial charge < -0.3 is 46.9 Å². The highest BCUT2D eigenvalue weighted by Gasteiger charge is 2.42. The molecule has 0 radical (unpaired) electrons. The van der Waals surface area contributed by atoms with Crippen LogP contribution in [0.5, 0.6) is 11.5 Å². The normalized spacial score (nSPS) is 14.6. The molecule has 0 aliphatic carbocycles. The molecule has 1 saturated heterocycles. The van der Waals surface area contributed by atoms with Crippen molar-refractivity contribution in [2.75, 3.05) is 82.1 Å². The largest absolute Gasteiger partial charge is 0.497 e. The maximum atomic E-state index is 14.5. The fourth-order valence-corrected chi connectivity index (χ4v) is 12.9. The lowest BCUT2D eigenvalue weighted by atomic mass is 10.0. The maximum absolute atomic E-state index is 14.5. The van der Waals surface area contributed by atoms with Crippen molar-refractivity contribution in [3.63, 3.8) is 0 Å². The molecule has 1 fully saturated rings. The van der Waals surface area contributed by atoms with E-state index in [9.17, 15) is 34.0 Å². The Morgan fingerprint density at radius 1 is 0.630 bits per heavy atom. The molecule has 0 bridgehead atoms. The molecule has 8 rings (SSSR count). The average Bonchev–Trinajstić information content (AvgIpc) is 1.45. The summed E-state index contributed by atoms with van der Waals surface area (Å²) in [6.07, 6.45) is 0.615. The van der Waals surface area contributed by atoms with Crippen LogP contribution in [-0.2, 0) is 76.3 Å². The van der Waals surface area contributed by atoms with Crippen LogP contribution in [-0.4, -0.2) is 169 Å². The van der Waals surface area contributed by atoms with Gasteiger partial charge in [-0.15, -0.1) is 0 Å². The fraction of sp³-hybridized carbons (Fsp3) is 0.405. The number of methoxy groups -OCH3 is 6. The zero-order chi connectivity index (χ0) is 71.7. The molecular weight excluding hydrogens is 1300 g/mol. The van der Waals surface area contributed by atoms with Gasteiger partial charge in [0.15, 0.2) is 0 Å². The average molecular weight is 1390 g/mol. The van der Waals surface area contributed by atoms with E-state index in [2.05, 4.69) is 50.3 Å². The van der Waals surface area contributed by atoms with Crippen molar-refractivity contribution in [1.82, 2.24) is 38.6 Å². The summed E-state index contributed by atoms with van der Waals surface area (Å²) in [5, 5.41) is 9.47. The minimum atomic E-state index is -1.73. The molecule has 5 heterocycles. The fourth-order valence-electron chi connectivity index (χ4n) is 11.2. The Labute approximate surface area is 583 Å². The van der Waals surface area contributed by atoms with Gasteiger partial charge in [-0.3, -0.25) is 42.9 Å². The molecule has 100 heavy (non-hydrogen) atoms. The van der Waals surface area contributed by atoms with E-state index in [4.69, 9.17) is 61.9 Å². The van der Waals surface area contributed by atoms with Gasteiger partial charge in [-0.05, 0) is 136 Å². The number of esters is 4. The first-order valence-corrected chi connectivity index (χ1v) is 33.8. The van der Waals surface area contributed by atoms with Gasteiger partial charge in [0.05, 0.1) is 135 Å². The molecule has 1 aliphatic rings. The van der Waals surface area contributed by atoms with E-state index in [1.807, 2.05) is 84.9 Å². The van der Waals surface area contributed by atoms with Gasteiger partial charge in [-0.1, -0.05) is 60.4 Å². The number of hydrogen-bond donors (Lipinski definition) is 0. The maximum Gasteiger partial charge on any atom is 0.333 e. The van der Waals surface area contributed by atoms with Crippen molar-refractivity contribution >= 4 is 32.4 Å². The number of pyridine rings is 3. The highest BCUT2D eigenvalue weighted by atomic mass is 31.2. The quantitative estimate of drug-likeness (QED) is 0.0117. The molecule has 0 saturated carbocycles. The number of nitriles is 1. The molecule has 7 aromatic rings. The molecule has 4 atom stereocenters. The monoisotopic (exact) mass is 1390 g/mol. The van der Waals surface area contributed by atoms with Crippen molar-refractivity contribution in [1.29, 1.82) is 5.26 Å². The van der Waals surface area contributed by atoms with Crippen LogP contribution in [0.25, 0.3) is 33.9 Å². The van der Waals surface area contributed by atoms with Crippen molar-refractivity contribution in [3.8, 4) is 63.3 Å². The second-order valence-corrected chi connectivity index (χ2v) is 25.3. The van der Waals surface area contributed by atoms with E-state index >= 15 is 0 Å². The summed E-state index contributed by atoms with van der Waals surface area (Å²) in [6.45, 7) is 8.03. The number of nitrogens with zero attached hydrogens (tertiary/aromatic N) is 9. The first kappa shape index (κ1) is 76.2. The van der Waals surface area contributed by atoms with Crippen LogP contribution in [0, 0.1) is 23.2 Å². The summed E-state index contributed by atoms with van der Waals surface area (Å²) in [6, 6.07) is 41.1. The molecule has 4 aromatic heterocycles. The Hall–Kier alpha value is -9.53. The summed E-state index contributed by atoms with van der Waals surface area (Å²) >= 11 is 0. The van der Waals surface area contributed by atoms with Crippen molar-refractivity contribution < 1.29 is 66.1 Å². The minimum Gasteiger partial charge on any atom is -0.497 e. The van der Waals surface area contributed by atoms with Crippen LogP contribution in [0.3, 0.4) is 0 Å². The number of aromatic nitrogens is 5. The molecular formula is C74H86N9O16P. The Morgan fingerprint density at radius 3 is 1.63 bits per heavy atom. The van der Waals surface area contributed by atoms with E-state index in [-0.39, 0.29) is 84.0 Å². The molecule has 25 nitrogen and oxygen atoms in total. The lowest BCUT2D eigenvalue weighted by Crippen LogP contribution is -2.40. The Balaban J connectivity index is 1.00. The summed E-state index contributed by atoms with van der Waals surface area (Å²) < 4.78 is 62.2. The van der Waals surface area contributed by atoms with Gasteiger partial charge in [-0.2, -0.15) is 5.26 Å². The third kappa shape index (κ3) is 21.7. The van der Waals surface area contributed by atoms with Crippen LogP contribution in [0.4, 0.5) is 0 Å². The molecule has 0 spiro atoms. The number of hydrogen-bond acceptors (Lipinski definition) is 23. The van der Waals surface area contributed by atoms with E-state index < -0.39 is 68.2 Å². The number of unbranched alkanes of at least 4 members (excludes halogenated alkanes) is 2. The summed E-state index contributed by atoms with van der Waals surface area (Å²) in [5.74, 6) is 5.73. The SMILES string of the molecule is COC(=O)CN(CC(=O)OC)Cc1cccc(-c2cc(-c3ccc(C#CCCCCn4c(=O)ccn([C@H]5C[C@H](OP(OCCC#N)N(C(C)C)C(C)C)[C@@H](COC(c6ccc(OC)cc6)c6ccc(OC)cc6)O5)c4=O)cc3)cc(-c3cccc(CN(CC(=O)OC)CC(=O)OC)n3)n2)n1. The van der Waals surface area contributed by atoms with Gasteiger partial charge in [0.25, 0.3) is 14.1 Å². The lowest BCUT2D eigenvalue weighted by molar-refractivity contribution is -0.147. The van der Waals surface area contributed by atoms with E-state index in [1.54, 1.807) is 60.4 Å². The number of benzene rings is 3. The molecule has 26 heteroatoms. The molecule has 1 aliphatic heterocycles. The predicted octanol–water partition coefficient (Wildman–Crippen LogP) is 9.49. The Bertz CT molecular complexity index is 3900. The van der Waals surface area contributed by atoms with Gasteiger partial charge >= 0.3 is 29.6 Å². The number of ether oxygens (including phenoxy) is 8. The number of carbonyl (C=O) groups excluding carboxylic acids is 4. The van der Waals surface area contributed by atoms with Crippen LogP contribution in [0.2, 0.25) is 0 Å². The highest BCUT2D eigenvalue weighted by Crippen LogP contribution is 2.50. The number of carbonyl (C=O) groups is 4. The standard InChI is InChI=1S/C74H86N9O16P/c1-50(2)83(51(3)4)100(97-39-17-36-75)99-65-42-68(98-66(65)49-96-73(54-27-31-59(90-5)32-28-54)55-29-33-60(91-6)34-30-55)82-38-35-67(84)81(74(82)89)37-14-12-11-13-18-52-23-25-53(26-24-52)56-40-63(61-21-15-19-57(76-61)43-79(45-69(85)92-7)46-70(86)93-8)78-64(41-56)62-22-16-20-58(77-62)44-80(47-71(87)94-9)48-72(88)95-10/h15-16,19-35,38,40-41,50-51,65-66,68,73H,11-12,14,17,37,39,42-49H2,1-10H3/t65-,66+,68+,100?/m0/s1. The van der Waals surface area contributed by atoms with Crippen LogP contribution < -0.4 is 20.7 Å². The summed E-state index contributed by atoms with van der Waals surface area (Å²) in [4.78, 5) is 95.5. The van der Waals surface area contributed by atoms with Crippen molar-refractivity contribution in [2.45, 2.75) is 116 Å². The van der Waals surface area contributed by atoms with Gasteiger partial charge in [0.1, 0.15) is 29.9 Å². The third-order valence-corrected chi connectivity index (χ3v) is 18.3.